The molecule has 0 unspecified atom stereocenters. The highest BCUT2D eigenvalue weighted by molar-refractivity contribution is 7.09. The van der Waals surface area contributed by atoms with Gasteiger partial charge in [-0.25, -0.2) is 9.97 Å². The minimum atomic E-state index is 0.0155. The van der Waals surface area contributed by atoms with Gasteiger partial charge in [-0.05, 0) is 27.2 Å². The molecule has 0 atom stereocenters. The summed E-state index contributed by atoms with van der Waals surface area (Å²) in [6.07, 6.45) is 1.19. The first kappa shape index (κ1) is 14.6. The molecule has 6 nitrogen and oxygen atoms in total. The summed E-state index contributed by atoms with van der Waals surface area (Å²) in [6, 6.07) is 0. The molecule has 2 aromatic rings. The van der Waals surface area contributed by atoms with Gasteiger partial charge >= 0.3 is 0 Å². The lowest BCUT2D eigenvalue weighted by molar-refractivity contribution is -0.120. The molecule has 1 amide bonds. The van der Waals surface area contributed by atoms with Gasteiger partial charge in [0.1, 0.15) is 11.6 Å². The molecule has 20 heavy (non-hydrogen) atoms. The van der Waals surface area contributed by atoms with E-state index in [9.17, 15) is 4.79 Å². The van der Waals surface area contributed by atoms with Crippen LogP contribution in [0.1, 0.15) is 28.8 Å². The Morgan fingerprint density at radius 2 is 2.15 bits per heavy atom. The van der Waals surface area contributed by atoms with Crippen LogP contribution in [0.3, 0.4) is 0 Å². The van der Waals surface area contributed by atoms with Crippen molar-refractivity contribution in [3.05, 3.63) is 27.7 Å². The van der Waals surface area contributed by atoms with E-state index in [2.05, 4.69) is 20.4 Å². The summed E-state index contributed by atoms with van der Waals surface area (Å²) >= 11 is 1.57. The molecule has 2 aromatic heterocycles. The Morgan fingerprint density at radius 1 is 1.35 bits per heavy atom. The van der Waals surface area contributed by atoms with Crippen LogP contribution >= 0.6 is 11.3 Å². The predicted octanol–water partition coefficient (Wildman–Crippen LogP) is 1.41. The van der Waals surface area contributed by atoms with Crippen LogP contribution in [0.5, 0.6) is 0 Å². The van der Waals surface area contributed by atoms with Crippen LogP contribution in [-0.2, 0) is 17.8 Å². The summed E-state index contributed by atoms with van der Waals surface area (Å²) in [5, 5.41) is 10.1. The van der Waals surface area contributed by atoms with Crippen LogP contribution in [0.4, 0.5) is 0 Å². The highest BCUT2D eigenvalue weighted by Gasteiger charge is 2.06. The van der Waals surface area contributed by atoms with Crippen molar-refractivity contribution in [2.75, 3.05) is 6.54 Å². The fourth-order valence-electron chi connectivity index (χ4n) is 1.95. The Bertz CT molecular complexity index is 589. The highest BCUT2D eigenvalue weighted by Crippen LogP contribution is 2.08. The third kappa shape index (κ3) is 4.12. The molecule has 0 saturated heterocycles. The average Bonchev–Trinajstić information content (AvgIpc) is 2.91. The van der Waals surface area contributed by atoms with Crippen LogP contribution in [0, 0.1) is 20.8 Å². The third-order valence-electron chi connectivity index (χ3n) is 2.84. The molecule has 0 aliphatic heterocycles. The summed E-state index contributed by atoms with van der Waals surface area (Å²) < 4.78 is 1.87. The molecule has 0 aliphatic carbocycles. The van der Waals surface area contributed by atoms with Crippen molar-refractivity contribution >= 4 is 17.2 Å². The van der Waals surface area contributed by atoms with E-state index in [1.807, 2.05) is 30.8 Å². The maximum absolute atomic E-state index is 11.7. The van der Waals surface area contributed by atoms with Gasteiger partial charge < -0.3 is 5.32 Å². The number of carbonyl (C=O) groups is 1. The molecule has 0 aliphatic rings. The van der Waals surface area contributed by atoms with Crippen molar-refractivity contribution in [2.45, 2.75) is 40.2 Å². The van der Waals surface area contributed by atoms with E-state index in [0.29, 0.717) is 13.0 Å². The van der Waals surface area contributed by atoms with Crippen molar-refractivity contribution in [1.82, 2.24) is 25.1 Å². The van der Waals surface area contributed by atoms with Crippen molar-refractivity contribution in [2.24, 2.45) is 0 Å². The van der Waals surface area contributed by atoms with Gasteiger partial charge in [-0.15, -0.1) is 11.3 Å². The Morgan fingerprint density at radius 3 is 2.75 bits per heavy atom. The minimum absolute atomic E-state index is 0.0155. The molecule has 0 aromatic carbocycles. The molecular weight excluding hydrogens is 274 g/mol. The van der Waals surface area contributed by atoms with Gasteiger partial charge in [0.2, 0.25) is 5.91 Å². The predicted molar refractivity (Wildman–Crippen MR) is 77.7 cm³/mol. The van der Waals surface area contributed by atoms with Crippen LogP contribution < -0.4 is 5.32 Å². The quantitative estimate of drug-likeness (QED) is 0.817. The highest BCUT2D eigenvalue weighted by atomic mass is 32.1. The first-order valence-electron chi connectivity index (χ1n) is 6.60. The molecule has 2 heterocycles. The molecule has 1 N–H and O–H groups in total. The lowest BCUT2D eigenvalue weighted by atomic mass is 10.3. The summed E-state index contributed by atoms with van der Waals surface area (Å²) in [5.74, 6) is 1.71. The number of aryl methyl sites for hydroxylation is 4. The number of nitrogens with zero attached hydrogens (tertiary/aromatic N) is 4. The minimum Gasteiger partial charge on any atom is -0.356 e. The third-order valence-corrected chi connectivity index (χ3v) is 3.66. The summed E-state index contributed by atoms with van der Waals surface area (Å²) in [6.45, 7) is 7.15. The van der Waals surface area contributed by atoms with Crippen LogP contribution in [-0.4, -0.2) is 32.2 Å². The zero-order valence-corrected chi connectivity index (χ0v) is 12.8. The van der Waals surface area contributed by atoms with Gasteiger partial charge in [0.15, 0.2) is 0 Å². The van der Waals surface area contributed by atoms with Crippen LogP contribution in [0.2, 0.25) is 0 Å². The van der Waals surface area contributed by atoms with E-state index in [1.54, 1.807) is 11.3 Å². The topological polar surface area (TPSA) is 72.7 Å². The molecular formula is C13H19N5OS. The number of aromatic nitrogens is 4. The lowest BCUT2D eigenvalue weighted by Gasteiger charge is -2.05. The number of hydrogen-bond acceptors (Lipinski definition) is 5. The second kappa shape index (κ2) is 6.60. The van der Waals surface area contributed by atoms with Gasteiger partial charge in [-0.1, -0.05) is 0 Å². The van der Waals surface area contributed by atoms with Gasteiger partial charge in [-0.2, -0.15) is 5.10 Å². The number of amides is 1. The fraction of sp³-hybridized carbons (Fsp3) is 0.538. The Kier molecular flexibility index (Phi) is 4.84. The molecule has 0 bridgehead atoms. The number of hydrogen-bond donors (Lipinski definition) is 1. The van der Waals surface area contributed by atoms with Crippen molar-refractivity contribution in [3.63, 3.8) is 0 Å². The van der Waals surface area contributed by atoms with Gasteiger partial charge in [0, 0.05) is 18.5 Å². The van der Waals surface area contributed by atoms with E-state index in [4.69, 9.17) is 0 Å². The van der Waals surface area contributed by atoms with Gasteiger partial charge in [-0.3, -0.25) is 9.48 Å². The zero-order chi connectivity index (χ0) is 14.5. The van der Waals surface area contributed by atoms with Gasteiger partial charge in [0.25, 0.3) is 0 Å². The monoisotopic (exact) mass is 293 g/mol. The summed E-state index contributed by atoms with van der Waals surface area (Å²) in [7, 11) is 0. The Balaban J connectivity index is 1.68. The Hall–Kier alpha value is -1.76. The second-order valence-electron chi connectivity index (χ2n) is 4.67. The largest absolute Gasteiger partial charge is 0.356 e. The van der Waals surface area contributed by atoms with E-state index in [1.165, 1.54) is 0 Å². The second-order valence-corrected chi connectivity index (χ2v) is 5.73. The number of nitrogens with one attached hydrogen (secondary N) is 1. The molecule has 7 heteroatoms. The zero-order valence-electron chi connectivity index (χ0n) is 12.0. The summed E-state index contributed by atoms with van der Waals surface area (Å²) in [5.41, 5.74) is 0.841. The molecule has 0 fully saturated rings. The number of carbonyl (C=O) groups excluding carboxylic acids is 1. The van der Waals surface area contributed by atoms with Crippen molar-refractivity contribution in [3.8, 4) is 0 Å². The van der Waals surface area contributed by atoms with Crippen molar-refractivity contribution in [1.29, 1.82) is 0 Å². The molecule has 2 rings (SSSR count). The molecule has 108 valence electrons. The lowest BCUT2D eigenvalue weighted by Crippen LogP contribution is -2.27. The average molecular weight is 293 g/mol. The fourth-order valence-corrected chi connectivity index (χ4v) is 2.56. The van der Waals surface area contributed by atoms with Gasteiger partial charge in [0.05, 0.1) is 17.1 Å². The smallest absolute Gasteiger partial charge is 0.226 e. The first-order chi connectivity index (χ1) is 9.54. The van der Waals surface area contributed by atoms with E-state index in [-0.39, 0.29) is 5.91 Å². The standard InChI is InChI=1S/C13H19N5OS/c1-9-15-10(2)18(17-9)6-4-5-14-13(19)7-12-8-20-11(3)16-12/h8H,4-7H2,1-3H3,(H,14,19). The number of rotatable bonds is 6. The van der Waals surface area contributed by atoms with Crippen molar-refractivity contribution < 1.29 is 4.79 Å². The maximum Gasteiger partial charge on any atom is 0.226 e. The van der Waals surface area contributed by atoms with Crippen LogP contribution in [0.15, 0.2) is 5.38 Å². The summed E-state index contributed by atoms with van der Waals surface area (Å²) in [4.78, 5) is 20.2. The normalized spacial score (nSPS) is 10.8. The Labute approximate surface area is 122 Å². The molecule has 0 spiro atoms. The number of thiazole rings is 1. The molecule has 0 saturated carbocycles. The maximum atomic E-state index is 11.7. The SMILES string of the molecule is Cc1nc(C)n(CCCNC(=O)Cc2csc(C)n2)n1. The van der Waals surface area contributed by atoms with E-state index < -0.39 is 0 Å². The van der Waals surface area contributed by atoms with E-state index in [0.717, 1.165) is 35.3 Å². The van der Waals surface area contributed by atoms with E-state index >= 15 is 0 Å². The molecule has 0 radical (unpaired) electrons. The first-order valence-corrected chi connectivity index (χ1v) is 7.48. The van der Waals surface area contributed by atoms with Crippen LogP contribution in [0.25, 0.3) is 0 Å².